The Bertz CT molecular complexity index is 715. The van der Waals surface area contributed by atoms with E-state index in [2.05, 4.69) is 20.9 Å². The zero-order valence-electron chi connectivity index (χ0n) is 12.0. The normalized spacial score (nSPS) is 11.8. The van der Waals surface area contributed by atoms with Crippen LogP contribution in [0.1, 0.15) is 17.0 Å². The van der Waals surface area contributed by atoms with Gasteiger partial charge in [-0.2, -0.15) is 4.31 Å². The predicted octanol–water partition coefficient (Wildman–Crippen LogP) is 3.11. The van der Waals surface area contributed by atoms with E-state index in [1.54, 1.807) is 31.3 Å². The van der Waals surface area contributed by atoms with Crippen molar-refractivity contribution in [1.82, 2.24) is 9.29 Å². The lowest BCUT2D eigenvalue weighted by molar-refractivity contribution is 0.462. The molecule has 21 heavy (non-hydrogen) atoms. The first-order chi connectivity index (χ1) is 9.93. The van der Waals surface area contributed by atoms with E-state index < -0.39 is 10.0 Å². The molecule has 0 saturated heterocycles. The molecule has 2 rings (SSSR count). The van der Waals surface area contributed by atoms with Crippen LogP contribution in [0.5, 0.6) is 0 Å². The molecule has 0 aliphatic carbocycles. The van der Waals surface area contributed by atoms with Crippen molar-refractivity contribution in [2.24, 2.45) is 0 Å². The second-order valence-corrected chi connectivity index (χ2v) is 7.41. The van der Waals surface area contributed by atoms with Crippen molar-refractivity contribution in [3.63, 3.8) is 0 Å². The van der Waals surface area contributed by atoms with Gasteiger partial charge in [0.2, 0.25) is 10.0 Å². The summed E-state index contributed by atoms with van der Waals surface area (Å²) in [4.78, 5) is 4.63. The number of sulfonamides is 1. The number of nitrogens with zero attached hydrogens (tertiary/aromatic N) is 2. The molecule has 0 N–H and O–H groups in total. The second-order valence-electron chi connectivity index (χ2n) is 4.81. The van der Waals surface area contributed by atoms with Crippen LogP contribution in [0.15, 0.2) is 47.4 Å². The van der Waals surface area contributed by atoms with E-state index in [4.69, 9.17) is 0 Å². The first-order valence-electron chi connectivity index (χ1n) is 6.47. The van der Waals surface area contributed by atoms with Crippen LogP contribution in [0.3, 0.4) is 0 Å². The van der Waals surface area contributed by atoms with Crippen molar-refractivity contribution in [3.8, 4) is 0 Å². The van der Waals surface area contributed by atoms with Crippen LogP contribution in [0, 0.1) is 6.92 Å². The van der Waals surface area contributed by atoms with Gasteiger partial charge in [0.15, 0.2) is 0 Å². The molecule has 0 saturated carbocycles. The molecule has 0 unspecified atom stereocenters. The number of alkyl halides is 1. The maximum atomic E-state index is 12.5. The van der Waals surface area contributed by atoms with Crippen molar-refractivity contribution in [2.45, 2.75) is 23.7 Å². The van der Waals surface area contributed by atoms with Gasteiger partial charge in [-0.3, -0.25) is 4.98 Å². The molecule has 0 spiro atoms. The van der Waals surface area contributed by atoms with Crippen LogP contribution in [-0.4, -0.2) is 24.8 Å². The third-order valence-electron chi connectivity index (χ3n) is 3.12. The number of pyridine rings is 1. The maximum Gasteiger partial charge on any atom is 0.243 e. The van der Waals surface area contributed by atoms with Gasteiger partial charge in [-0.05, 0) is 36.8 Å². The Balaban J connectivity index is 2.21. The van der Waals surface area contributed by atoms with Gasteiger partial charge >= 0.3 is 0 Å². The molecular weight excluding hydrogens is 352 g/mol. The second kappa shape index (κ2) is 6.68. The van der Waals surface area contributed by atoms with Gasteiger partial charge in [0.05, 0.1) is 17.1 Å². The van der Waals surface area contributed by atoms with Crippen LogP contribution in [0.25, 0.3) is 0 Å². The summed E-state index contributed by atoms with van der Waals surface area (Å²) in [5.41, 5.74) is 2.65. The predicted molar refractivity (Wildman–Crippen MR) is 86.7 cm³/mol. The molecular formula is C15H17BrN2O2S. The fourth-order valence-corrected chi connectivity index (χ4v) is 3.45. The molecule has 0 atom stereocenters. The standard InChI is InChI=1S/C15H17BrN2O2S/c1-12-4-3-5-14(17-12)11-18(2)21(19,20)15-8-6-13(10-16)7-9-15/h3-9H,10-11H2,1-2H3. The maximum absolute atomic E-state index is 12.5. The number of halogens is 1. The fraction of sp³-hybridized carbons (Fsp3) is 0.267. The summed E-state index contributed by atoms with van der Waals surface area (Å²) in [6.07, 6.45) is 0. The Hall–Kier alpha value is -1.24. The molecule has 0 radical (unpaired) electrons. The largest absolute Gasteiger partial charge is 0.257 e. The summed E-state index contributed by atoms with van der Waals surface area (Å²) >= 11 is 3.34. The van der Waals surface area contributed by atoms with Gasteiger partial charge in [0.1, 0.15) is 0 Å². The average Bonchev–Trinajstić information content (AvgIpc) is 2.47. The third-order valence-corrected chi connectivity index (χ3v) is 5.58. The first-order valence-corrected chi connectivity index (χ1v) is 9.03. The van der Waals surface area contributed by atoms with Crippen molar-refractivity contribution in [3.05, 3.63) is 59.4 Å². The van der Waals surface area contributed by atoms with E-state index in [1.807, 2.05) is 25.1 Å². The van der Waals surface area contributed by atoms with Gasteiger partial charge < -0.3 is 0 Å². The summed E-state index contributed by atoms with van der Waals surface area (Å²) < 4.78 is 26.3. The summed E-state index contributed by atoms with van der Waals surface area (Å²) in [7, 11) is -1.93. The lowest BCUT2D eigenvalue weighted by atomic mass is 10.2. The summed E-state index contributed by atoms with van der Waals surface area (Å²) in [5.74, 6) is 0. The van der Waals surface area contributed by atoms with Gasteiger partial charge in [0, 0.05) is 18.1 Å². The Kier molecular flexibility index (Phi) is 5.13. The molecule has 1 aromatic carbocycles. The SMILES string of the molecule is Cc1cccc(CN(C)S(=O)(=O)c2ccc(CBr)cc2)n1. The minimum absolute atomic E-state index is 0.254. The molecule has 2 aromatic rings. The highest BCUT2D eigenvalue weighted by Crippen LogP contribution is 2.18. The van der Waals surface area contributed by atoms with Crippen LogP contribution < -0.4 is 0 Å². The minimum Gasteiger partial charge on any atom is -0.257 e. The monoisotopic (exact) mass is 368 g/mol. The van der Waals surface area contributed by atoms with Crippen LogP contribution >= 0.6 is 15.9 Å². The van der Waals surface area contributed by atoms with Gasteiger partial charge in [0.25, 0.3) is 0 Å². The Morgan fingerprint density at radius 1 is 1.14 bits per heavy atom. The quantitative estimate of drug-likeness (QED) is 0.761. The smallest absolute Gasteiger partial charge is 0.243 e. The van der Waals surface area contributed by atoms with Gasteiger partial charge in [-0.25, -0.2) is 8.42 Å². The summed E-state index contributed by atoms with van der Waals surface area (Å²) in [5, 5.41) is 0.705. The lowest BCUT2D eigenvalue weighted by Crippen LogP contribution is -2.27. The third kappa shape index (κ3) is 3.90. The molecule has 0 bridgehead atoms. The molecule has 1 heterocycles. The Morgan fingerprint density at radius 3 is 2.38 bits per heavy atom. The van der Waals surface area contributed by atoms with Crippen molar-refractivity contribution in [1.29, 1.82) is 0 Å². The molecule has 4 nitrogen and oxygen atoms in total. The van der Waals surface area contributed by atoms with E-state index in [1.165, 1.54) is 4.31 Å². The lowest BCUT2D eigenvalue weighted by Gasteiger charge is -2.17. The number of rotatable bonds is 5. The van der Waals surface area contributed by atoms with Crippen LogP contribution in [-0.2, 0) is 21.9 Å². The molecule has 6 heteroatoms. The zero-order valence-corrected chi connectivity index (χ0v) is 14.4. The van der Waals surface area contributed by atoms with E-state index in [0.29, 0.717) is 10.2 Å². The van der Waals surface area contributed by atoms with Gasteiger partial charge in [-0.1, -0.05) is 34.1 Å². The van der Waals surface area contributed by atoms with Crippen molar-refractivity contribution < 1.29 is 8.42 Å². The fourth-order valence-electron chi connectivity index (χ4n) is 1.93. The highest BCUT2D eigenvalue weighted by atomic mass is 79.9. The number of hydrogen-bond donors (Lipinski definition) is 0. The van der Waals surface area contributed by atoms with E-state index >= 15 is 0 Å². The Labute approximate surface area is 134 Å². The molecule has 112 valence electrons. The first kappa shape index (κ1) is 16.1. The van der Waals surface area contributed by atoms with E-state index in [-0.39, 0.29) is 6.54 Å². The van der Waals surface area contributed by atoms with Crippen molar-refractivity contribution in [2.75, 3.05) is 7.05 Å². The average molecular weight is 369 g/mol. The Morgan fingerprint density at radius 2 is 1.81 bits per heavy atom. The van der Waals surface area contributed by atoms with Crippen molar-refractivity contribution >= 4 is 26.0 Å². The molecule has 0 aliphatic heterocycles. The number of aromatic nitrogens is 1. The highest BCUT2D eigenvalue weighted by Gasteiger charge is 2.21. The summed E-state index contributed by atoms with van der Waals surface area (Å²) in [6, 6.07) is 12.5. The molecule has 0 fully saturated rings. The summed E-state index contributed by atoms with van der Waals surface area (Å²) in [6.45, 7) is 2.14. The van der Waals surface area contributed by atoms with E-state index in [9.17, 15) is 8.42 Å². The van der Waals surface area contributed by atoms with Crippen LogP contribution in [0.2, 0.25) is 0 Å². The zero-order chi connectivity index (χ0) is 15.5. The van der Waals surface area contributed by atoms with E-state index in [0.717, 1.165) is 17.0 Å². The topological polar surface area (TPSA) is 50.3 Å². The molecule has 0 amide bonds. The van der Waals surface area contributed by atoms with Crippen LogP contribution in [0.4, 0.5) is 0 Å². The molecule has 0 aliphatic rings. The number of benzene rings is 1. The van der Waals surface area contributed by atoms with Gasteiger partial charge in [-0.15, -0.1) is 0 Å². The number of hydrogen-bond acceptors (Lipinski definition) is 3. The highest BCUT2D eigenvalue weighted by molar-refractivity contribution is 9.08. The number of aryl methyl sites for hydroxylation is 1. The molecule has 1 aromatic heterocycles. The minimum atomic E-state index is -3.50.